The molecule has 4 nitrogen and oxygen atoms in total. The molecule has 0 unspecified atom stereocenters. The molecule has 1 rings (SSSR count). The molecule has 0 spiro atoms. The maximum absolute atomic E-state index is 10.6. The van der Waals surface area contributed by atoms with Crippen LogP contribution in [0, 0.1) is 5.92 Å². The van der Waals surface area contributed by atoms with Crippen molar-refractivity contribution in [2.75, 3.05) is 6.54 Å². The summed E-state index contributed by atoms with van der Waals surface area (Å²) in [5.41, 5.74) is 5.02. The van der Waals surface area contributed by atoms with Gasteiger partial charge in [0.15, 0.2) is 0 Å². The lowest BCUT2D eigenvalue weighted by molar-refractivity contribution is -0.127. The Hall–Kier alpha value is -1.06. The van der Waals surface area contributed by atoms with E-state index < -0.39 is 0 Å². The fourth-order valence-corrected chi connectivity index (χ4v) is 0.976. The molecule has 0 aliphatic carbocycles. The average Bonchev–Trinajstić information content (AvgIpc) is 1.88. The Labute approximate surface area is 58.8 Å². The number of hydrogen-bond donors (Lipinski definition) is 2. The standard InChI is InChI=1S/C6H10N2O2/c7-6(10)4-1-2-5(9)8-3-4/h4H,1-3H2,(H2,7,10)(H,8,9)/t4-/m1/s1. The summed E-state index contributed by atoms with van der Waals surface area (Å²) < 4.78 is 0. The number of piperidine rings is 1. The van der Waals surface area contributed by atoms with Gasteiger partial charge < -0.3 is 11.1 Å². The van der Waals surface area contributed by atoms with Crippen LogP contribution < -0.4 is 11.1 Å². The van der Waals surface area contributed by atoms with E-state index in [0.29, 0.717) is 19.4 Å². The Morgan fingerprint density at radius 3 is 2.80 bits per heavy atom. The first kappa shape index (κ1) is 7.05. The minimum Gasteiger partial charge on any atom is -0.369 e. The van der Waals surface area contributed by atoms with Gasteiger partial charge in [0.1, 0.15) is 0 Å². The van der Waals surface area contributed by atoms with E-state index in [4.69, 9.17) is 5.73 Å². The van der Waals surface area contributed by atoms with Gasteiger partial charge in [0.05, 0.1) is 5.92 Å². The Balaban J connectivity index is 2.40. The number of carbonyl (C=O) groups excluding carboxylic acids is 2. The smallest absolute Gasteiger partial charge is 0.222 e. The second-order valence-electron chi connectivity index (χ2n) is 2.44. The Kier molecular flexibility index (Phi) is 1.89. The monoisotopic (exact) mass is 142 g/mol. The number of hydrogen-bond acceptors (Lipinski definition) is 2. The van der Waals surface area contributed by atoms with Crippen LogP contribution in [0.3, 0.4) is 0 Å². The minimum atomic E-state index is -0.319. The largest absolute Gasteiger partial charge is 0.369 e. The number of amides is 2. The summed E-state index contributed by atoms with van der Waals surface area (Å²) in [6.07, 6.45) is 1.02. The Bertz CT molecular complexity index is 157. The SMILES string of the molecule is NC(=O)[C@@H]1CCC(=O)NC1. The van der Waals surface area contributed by atoms with Crippen LogP contribution in [0.25, 0.3) is 0 Å². The number of carbonyl (C=O) groups is 2. The van der Waals surface area contributed by atoms with Crippen molar-refractivity contribution in [2.24, 2.45) is 11.7 Å². The molecule has 1 aliphatic rings. The van der Waals surface area contributed by atoms with Crippen LogP contribution in [0.5, 0.6) is 0 Å². The van der Waals surface area contributed by atoms with Gasteiger partial charge in [0.2, 0.25) is 11.8 Å². The average molecular weight is 142 g/mol. The summed E-state index contributed by atoms with van der Waals surface area (Å²) >= 11 is 0. The maximum Gasteiger partial charge on any atom is 0.222 e. The summed E-state index contributed by atoms with van der Waals surface area (Å²) in [5, 5.41) is 2.57. The van der Waals surface area contributed by atoms with Crippen molar-refractivity contribution in [1.29, 1.82) is 0 Å². The van der Waals surface area contributed by atoms with Crippen molar-refractivity contribution in [1.82, 2.24) is 5.32 Å². The molecule has 0 saturated carbocycles. The van der Waals surface area contributed by atoms with Gasteiger partial charge in [-0.2, -0.15) is 0 Å². The van der Waals surface area contributed by atoms with Crippen molar-refractivity contribution in [2.45, 2.75) is 12.8 Å². The third-order valence-corrected chi connectivity index (χ3v) is 1.67. The highest BCUT2D eigenvalue weighted by molar-refractivity contribution is 5.82. The van der Waals surface area contributed by atoms with E-state index in [2.05, 4.69) is 5.32 Å². The zero-order valence-electron chi connectivity index (χ0n) is 5.59. The van der Waals surface area contributed by atoms with Crippen molar-refractivity contribution >= 4 is 11.8 Å². The third kappa shape index (κ3) is 1.46. The van der Waals surface area contributed by atoms with Gasteiger partial charge in [-0.15, -0.1) is 0 Å². The summed E-state index contributed by atoms with van der Waals surface area (Å²) in [7, 11) is 0. The van der Waals surface area contributed by atoms with Gasteiger partial charge in [-0.3, -0.25) is 9.59 Å². The molecule has 0 aromatic carbocycles. The van der Waals surface area contributed by atoms with Crippen LogP contribution in [-0.4, -0.2) is 18.4 Å². The van der Waals surface area contributed by atoms with Crippen molar-refractivity contribution in [3.63, 3.8) is 0 Å². The van der Waals surface area contributed by atoms with Gasteiger partial charge in [-0.05, 0) is 6.42 Å². The second kappa shape index (κ2) is 2.68. The lowest BCUT2D eigenvalue weighted by Crippen LogP contribution is -2.40. The van der Waals surface area contributed by atoms with E-state index in [0.717, 1.165) is 0 Å². The fourth-order valence-electron chi connectivity index (χ4n) is 0.976. The molecular weight excluding hydrogens is 132 g/mol. The van der Waals surface area contributed by atoms with Gasteiger partial charge in [0.25, 0.3) is 0 Å². The van der Waals surface area contributed by atoms with E-state index in [9.17, 15) is 9.59 Å². The van der Waals surface area contributed by atoms with E-state index in [1.54, 1.807) is 0 Å². The molecule has 0 aromatic heterocycles. The summed E-state index contributed by atoms with van der Waals surface area (Å²) in [4.78, 5) is 21.1. The fraction of sp³-hybridized carbons (Fsp3) is 0.667. The molecule has 1 fully saturated rings. The third-order valence-electron chi connectivity index (χ3n) is 1.67. The Morgan fingerprint density at radius 2 is 2.40 bits per heavy atom. The highest BCUT2D eigenvalue weighted by Crippen LogP contribution is 2.08. The summed E-state index contributed by atoms with van der Waals surface area (Å²) in [6.45, 7) is 0.411. The van der Waals surface area contributed by atoms with E-state index in [-0.39, 0.29) is 17.7 Å². The minimum absolute atomic E-state index is 0.0116. The lowest BCUT2D eigenvalue weighted by Gasteiger charge is -2.18. The Morgan fingerprint density at radius 1 is 1.70 bits per heavy atom. The number of primary amides is 1. The zero-order valence-corrected chi connectivity index (χ0v) is 5.59. The number of rotatable bonds is 1. The zero-order chi connectivity index (χ0) is 7.56. The van der Waals surface area contributed by atoms with E-state index in [1.165, 1.54) is 0 Å². The van der Waals surface area contributed by atoms with Crippen LogP contribution in [0.4, 0.5) is 0 Å². The molecule has 10 heavy (non-hydrogen) atoms. The predicted octanol–water partition coefficient (Wildman–Crippen LogP) is -1.00. The molecule has 0 aromatic rings. The van der Waals surface area contributed by atoms with Gasteiger partial charge in [-0.1, -0.05) is 0 Å². The van der Waals surface area contributed by atoms with Crippen LogP contribution in [0.2, 0.25) is 0 Å². The first-order valence-corrected chi connectivity index (χ1v) is 3.26. The molecule has 1 aliphatic heterocycles. The van der Waals surface area contributed by atoms with Crippen LogP contribution >= 0.6 is 0 Å². The molecule has 56 valence electrons. The van der Waals surface area contributed by atoms with Gasteiger partial charge in [0, 0.05) is 13.0 Å². The van der Waals surface area contributed by atoms with Crippen LogP contribution in [-0.2, 0) is 9.59 Å². The van der Waals surface area contributed by atoms with Crippen LogP contribution in [0.15, 0.2) is 0 Å². The van der Waals surface area contributed by atoms with Gasteiger partial charge >= 0.3 is 0 Å². The normalized spacial score (nSPS) is 25.6. The highest BCUT2D eigenvalue weighted by atomic mass is 16.2. The predicted molar refractivity (Wildman–Crippen MR) is 34.9 cm³/mol. The van der Waals surface area contributed by atoms with Crippen molar-refractivity contribution < 1.29 is 9.59 Å². The van der Waals surface area contributed by atoms with Gasteiger partial charge in [-0.25, -0.2) is 0 Å². The number of nitrogens with one attached hydrogen (secondary N) is 1. The summed E-state index contributed by atoms with van der Waals surface area (Å²) in [6, 6.07) is 0. The molecular formula is C6H10N2O2. The van der Waals surface area contributed by atoms with Crippen molar-refractivity contribution in [3.05, 3.63) is 0 Å². The quantitative estimate of drug-likeness (QED) is 0.492. The van der Waals surface area contributed by atoms with Crippen LogP contribution in [0.1, 0.15) is 12.8 Å². The molecule has 0 radical (unpaired) electrons. The summed E-state index contributed by atoms with van der Waals surface area (Å²) in [5.74, 6) is -0.463. The second-order valence-corrected chi connectivity index (χ2v) is 2.44. The van der Waals surface area contributed by atoms with E-state index in [1.807, 2.05) is 0 Å². The highest BCUT2D eigenvalue weighted by Gasteiger charge is 2.21. The molecule has 4 heteroatoms. The lowest BCUT2D eigenvalue weighted by atomic mass is 9.99. The topological polar surface area (TPSA) is 72.2 Å². The first-order chi connectivity index (χ1) is 4.70. The molecule has 1 saturated heterocycles. The first-order valence-electron chi connectivity index (χ1n) is 3.26. The maximum atomic E-state index is 10.6. The molecule has 2 amide bonds. The number of nitrogens with two attached hydrogens (primary N) is 1. The molecule has 1 heterocycles. The van der Waals surface area contributed by atoms with Crippen molar-refractivity contribution in [3.8, 4) is 0 Å². The molecule has 1 atom stereocenters. The molecule has 3 N–H and O–H groups in total. The van der Waals surface area contributed by atoms with E-state index >= 15 is 0 Å². The molecule has 0 bridgehead atoms.